The number of nitrogens with one attached hydrogen (secondary N) is 1. The van der Waals surface area contributed by atoms with E-state index >= 15 is 0 Å². The number of benzene rings is 2. The Morgan fingerprint density at radius 2 is 1.76 bits per heavy atom. The minimum absolute atomic E-state index is 0.161. The van der Waals surface area contributed by atoms with Crippen LogP contribution in [-0.2, 0) is 0 Å². The molecule has 4 N–H and O–H groups in total. The second kappa shape index (κ2) is 5.58. The van der Waals surface area contributed by atoms with E-state index in [0.29, 0.717) is 0 Å². The zero-order chi connectivity index (χ0) is 18.4. The third-order valence-electron chi connectivity index (χ3n) is 3.29. The van der Waals surface area contributed by atoms with Gasteiger partial charge in [0.05, 0.1) is 11.1 Å². The highest BCUT2D eigenvalue weighted by atomic mass is 19.4. The van der Waals surface area contributed by atoms with Gasteiger partial charge in [0.2, 0.25) is 5.75 Å². The molecule has 0 saturated heterocycles. The minimum Gasteiger partial charge on any atom is -0.504 e. The van der Waals surface area contributed by atoms with Gasteiger partial charge in [-0.3, -0.25) is 4.79 Å². The molecule has 0 unspecified atom stereocenters. The van der Waals surface area contributed by atoms with Crippen LogP contribution in [0.25, 0.3) is 22.3 Å². The largest absolute Gasteiger partial charge is 0.573 e. The van der Waals surface area contributed by atoms with E-state index in [-0.39, 0.29) is 16.9 Å². The van der Waals surface area contributed by atoms with Crippen LogP contribution in [0.1, 0.15) is 0 Å². The molecule has 7 nitrogen and oxygen atoms in total. The molecule has 0 bridgehead atoms. The van der Waals surface area contributed by atoms with Crippen LogP contribution in [0, 0.1) is 0 Å². The summed E-state index contributed by atoms with van der Waals surface area (Å²) in [6.07, 6.45) is -4.95. The van der Waals surface area contributed by atoms with Gasteiger partial charge in [-0.1, -0.05) is 12.1 Å². The highest BCUT2D eigenvalue weighted by molar-refractivity contribution is 5.90. The van der Waals surface area contributed by atoms with E-state index in [2.05, 4.69) is 14.7 Å². The lowest BCUT2D eigenvalue weighted by atomic mass is 10.1. The van der Waals surface area contributed by atoms with Crippen molar-refractivity contribution in [1.82, 2.24) is 9.97 Å². The number of halogens is 3. The SMILES string of the molecule is O=c1[nH]c(-c2ccccc2OC(F)(F)F)nc2cc(O)c(O)c(O)c12. The molecule has 1 aromatic heterocycles. The molecule has 2 aromatic carbocycles. The van der Waals surface area contributed by atoms with Gasteiger partial charge < -0.3 is 25.0 Å². The number of hydrogen-bond donors (Lipinski definition) is 4. The fourth-order valence-electron chi connectivity index (χ4n) is 2.27. The Labute approximate surface area is 136 Å². The number of nitrogens with zero attached hydrogens (tertiary/aromatic N) is 1. The molecule has 130 valence electrons. The van der Waals surface area contributed by atoms with Gasteiger partial charge in [-0.2, -0.15) is 0 Å². The Morgan fingerprint density at radius 1 is 1.08 bits per heavy atom. The van der Waals surface area contributed by atoms with Gasteiger partial charge in [0.25, 0.3) is 5.56 Å². The average molecular weight is 354 g/mol. The van der Waals surface area contributed by atoms with Gasteiger partial charge in [0, 0.05) is 6.07 Å². The van der Waals surface area contributed by atoms with E-state index in [1.54, 1.807) is 0 Å². The molecule has 0 aliphatic rings. The third-order valence-corrected chi connectivity index (χ3v) is 3.29. The maximum Gasteiger partial charge on any atom is 0.573 e. The summed E-state index contributed by atoms with van der Waals surface area (Å²) in [5.74, 6) is -3.41. The topological polar surface area (TPSA) is 116 Å². The van der Waals surface area contributed by atoms with Crippen LogP contribution in [-0.4, -0.2) is 31.6 Å². The lowest BCUT2D eigenvalue weighted by molar-refractivity contribution is -0.274. The molecule has 0 aliphatic carbocycles. The molecule has 0 atom stereocenters. The summed E-state index contributed by atoms with van der Waals surface area (Å²) in [4.78, 5) is 18.3. The van der Waals surface area contributed by atoms with Gasteiger partial charge in [-0.05, 0) is 12.1 Å². The summed E-state index contributed by atoms with van der Waals surface area (Å²) in [5.41, 5.74) is -1.31. The number of H-pyrrole nitrogens is 1. The van der Waals surface area contributed by atoms with Crippen molar-refractivity contribution in [3.05, 3.63) is 40.7 Å². The van der Waals surface area contributed by atoms with Crippen LogP contribution in [0.5, 0.6) is 23.0 Å². The van der Waals surface area contributed by atoms with Crippen molar-refractivity contribution >= 4 is 10.9 Å². The van der Waals surface area contributed by atoms with Gasteiger partial charge in [0.15, 0.2) is 11.5 Å². The first-order valence-corrected chi connectivity index (χ1v) is 6.70. The highest BCUT2D eigenvalue weighted by Crippen LogP contribution is 2.39. The number of para-hydroxylation sites is 1. The molecule has 1 heterocycles. The Bertz CT molecular complexity index is 1030. The number of rotatable bonds is 2. The first kappa shape index (κ1) is 16.4. The van der Waals surface area contributed by atoms with Gasteiger partial charge in [-0.25, -0.2) is 4.98 Å². The van der Waals surface area contributed by atoms with Gasteiger partial charge in [0.1, 0.15) is 17.0 Å². The lowest BCUT2D eigenvalue weighted by Crippen LogP contribution is -2.18. The summed E-state index contributed by atoms with van der Waals surface area (Å²) >= 11 is 0. The molecule has 3 rings (SSSR count). The number of alkyl halides is 3. The first-order valence-electron chi connectivity index (χ1n) is 6.70. The number of phenols is 3. The fraction of sp³-hybridized carbons (Fsp3) is 0.0667. The number of fused-ring (bicyclic) bond motifs is 1. The van der Waals surface area contributed by atoms with Gasteiger partial charge in [-0.15, -0.1) is 13.2 Å². The molecular weight excluding hydrogens is 345 g/mol. The number of aromatic nitrogens is 2. The molecule has 0 spiro atoms. The standard InChI is InChI=1S/C15H9F3N2O5/c16-15(17,18)25-9-4-2-1-3-6(9)13-19-7-5-8(21)11(22)12(23)10(7)14(24)20-13/h1-5,21-23H,(H,19,20,24). The van der Waals surface area contributed by atoms with Gasteiger partial charge >= 0.3 is 6.36 Å². The second-order valence-corrected chi connectivity index (χ2v) is 4.95. The number of aromatic amines is 1. The molecule has 0 fully saturated rings. The van der Waals surface area contributed by atoms with Crippen LogP contribution in [0.4, 0.5) is 13.2 Å². The third kappa shape index (κ3) is 3.01. The zero-order valence-corrected chi connectivity index (χ0v) is 12.1. The van der Waals surface area contributed by atoms with Crippen molar-refractivity contribution in [1.29, 1.82) is 0 Å². The zero-order valence-electron chi connectivity index (χ0n) is 12.1. The molecule has 0 saturated carbocycles. The normalized spacial score (nSPS) is 11.6. The predicted molar refractivity (Wildman–Crippen MR) is 79.5 cm³/mol. The summed E-state index contributed by atoms with van der Waals surface area (Å²) in [7, 11) is 0. The van der Waals surface area contributed by atoms with Crippen LogP contribution in [0.3, 0.4) is 0 Å². The van der Waals surface area contributed by atoms with E-state index in [1.807, 2.05) is 0 Å². The monoisotopic (exact) mass is 354 g/mol. The van der Waals surface area contributed by atoms with E-state index < -0.39 is 40.3 Å². The predicted octanol–water partition coefficient (Wildman–Crippen LogP) is 2.61. The van der Waals surface area contributed by atoms with E-state index in [1.165, 1.54) is 18.2 Å². The molecule has 0 aliphatic heterocycles. The van der Waals surface area contributed by atoms with E-state index in [0.717, 1.165) is 12.1 Å². The Morgan fingerprint density at radius 3 is 2.44 bits per heavy atom. The smallest absolute Gasteiger partial charge is 0.504 e. The van der Waals surface area contributed by atoms with Crippen molar-refractivity contribution in [2.24, 2.45) is 0 Å². The molecule has 10 heteroatoms. The average Bonchev–Trinajstić information content (AvgIpc) is 2.51. The van der Waals surface area contributed by atoms with E-state index in [9.17, 15) is 33.3 Å². The Balaban J connectivity index is 2.25. The summed E-state index contributed by atoms with van der Waals surface area (Å²) in [5, 5.41) is 28.3. The Hall–Kier alpha value is -3.43. The van der Waals surface area contributed by atoms with Crippen LogP contribution < -0.4 is 10.3 Å². The summed E-state index contributed by atoms with van der Waals surface area (Å²) in [6, 6.07) is 5.90. The maximum atomic E-state index is 12.5. The van der Waals surface area contributed by atoms with Crippen LogP contribution in [0.2, 0.25) is 0 Å². The molecular formula is C15H9F3N2O5. The van der Waals surface area contributed by atoms with Crippen molar-refractivity contribution < 1.29 is 33.2 Å². The van der Waals surface area contributed by atoms with E-state index in [4.69, 9.17) is 0 Å². The fourth-order valence-corrected chi connectivity index (χ4v) is 2.27. The van der Waals surface area contributed by atoms with Crippen molar-refractivity contribution in [2.75, 3.05) is 0 Å². The molecule has 3 aromatic rings. The van der Waals surface area contributed by atoms with Crippen molar-refractivity contribution in [3.63, 3.8) is 0 Å². The van der Waals surface area contributed by atoms with Crippen molar-refractivity contribution in [3.8, 4) is 34.4 Å². The molecule has 25 heavy (non-hydrogen) atoms. The summed E-state index contributed by atoms with van der Waals surface area (Å²) in [6.45, 7) is 0. The number of ether oxygens (including phenoxy) is 1. The summed E-state index contributed by atoms with van der Waals surface area (Å²) < 4.78 is 41.4. The van der Waals surface area contributed by atoms with Crippen molar-refractivity contribution in [2.45, 2.75) is 6.36 Å². The second-order valence-electron chi connectivity index (χ2n) is 4.95. The molecule has 0 radical (unpaired) electrons. The number of aromatic hydroxyl groups is 3. The van der Waals surface area contributed by atoms with Crippen LogP contribution >= 0.6 is 0 Å². The number of hydrogen-bond acceptors (Lipinski definition) is 6. The number of phenolic OH excluding ortho intramolecular Hbond substituents is 3. The Kier molecular flexibility index (Phi) is 3.67. The first-order chi connectivity index (χ1) is 11.7. The minimum atomic E-state index is -4.95. The lowest BCUT2D eigenvalue weighted by Gasteiger charge is -2.13. The quantitative estimate of drug-likeness (QED) is 0.526. The molecule has 0 amide bonds. The maximum absolute atomic E-state index is 12.5. The highest BCUT2D eigenvalue weighted by Gasteiger charge is 2.32. The van der Waals surface area contributed by atoms with Crippen LogP contribution in [0.15, 0.2) is 35.1 Å².